The molecule has 23 nitrogen and oxygen atoms in total. The normalized spacial score (nSPS) is 28.7. The van der Waals surface area contributed by atoms with E-state index in [-0.39, 0.29) is 40.0 Å². The Bertz CT molecular complexity index is 2160. The van der Waals surface area contributed by atoms with Crippen molar-refractivity contribution in [3.63, 3.8) is 0 Å². The molecule has 0 amide bonds. The SMILES string of the molecule is Nc1nc2c(ncn2[C@@H]2OC3=C(O)C2NS(=O)(=O)NC[C@H]2OC(n4cnc5c(N)ncnc54)=C(O)C2OP(=O)(O)OC3)c(=O)[nH]1. The summed E-state index contributed by atoms with van der Waals surface area (Å²) in [5, 5.41) is 22.0. The van der Waals surface area contributed by atoms with Gasteiger partial charge in [0.1, 0.15) is 37.7 Å². The molecule has 3 aliphatic heterocycles. The summed E-state index contributed by atoms with van der Waals surface area (Å²) in [6.07, 6.45) is -1.28. The topological polar surface area (TPSA) is 332 Å². The Morgan fingerprint density at radius 1 is 1.04 bits per heavy atom. The number of H-pyrrole nitrogens is 1. The summed E-state index contributed by atoms with van der Waals surface area (Å²) in [5.74, 6) is -2.57. The van der Waals surface area contributed by atoms with Crippen molar-refractivity contribution in [3.05, 3.63) is 46.6 Å². The minimum Gasteiger partial charge on any atom is -0.507 e. The summed E-state index contributed by atoms with van der Waals surface area (Å²) in [7, 11) is -9.67. The van der Waals surface area contributed by atoms with E-state index in [2.05, 4.69) is 39.3 Å². The van der Waals surface area contributed by atoms with Crippen LogP contribution in [0.3, 0.4) is 0 Å². The predicted molar refractivity (Wildman–Crippen MR) is 147 cm³/mol. The van der Waals surface area contributed by atoms with Gasteiger partial charge in [-0.2, -0.15) is 22.8 Å². The van der Waals surface area contributed by atoms with Crippen molar-refractivity contribution in [1.82, 2.24) is 48.5 Å². The number of nitrogens with one attached hydrogen (secondary N) is 3. The Hall–Kier alpha value is -4.84. The maximum atomic E-state index is 13.2. The van der Waals surface area contributed by atoms with Crippen molar-refractivity contribution in [2.75, 3.05) is 24.6 Å². The van der Waals surface area contributed by atoms with Crippen LogP contribution in [0, 0.1) is 0 Å². The summed E-state index contributed by atoms with van der Waals surface area (Å²) in [5.41, 5.74) is 10.7. The lowest BCUT2D eigenvalue weighted by atomic mass is 10.2. The zero-order valence-electron chi connectivity index (χ0n) is 22.2. The average Bonchev–Trinajstić information content (AvgIpc) is 3.72. The van der Waals surface area contributed by atoms with Gasteiger partial charge in [0.2, 0.25) is 18.1 Å². The molecule has 3 aliphatic rings. The van der Waals surface area contributed by atoms with Crippen LogP contribution in [0.1, 0.15) is 6.23 Å². The number of aromatic nitrogens is 8. The van der Waals surface area contributed by atoms with E-state index in [0.29, 0.717) is 0 Å². The van der Waals surface area contributed by atoms with Gasteiger partial charge in [-0.3, -0.25) is 23.4 Å². The number of ether oxygens (including phenoxy) is 2. The van der Waals surface area contributed by atoms with Crippen LogP contribution in [-0.4, -0.2) is 94.0 Å². The number of hydrogen-bond donors (Lipinski definition) is 8. The molecule has 0 fully saturated rings. The fourth-order valence-corrected chi connectivity index (χ4v) is 6.77. The van der Waals surface area contributed by atoms with Crippen molar-refractivity contribution in [2.24, 2.45) is 0 Å². The molecule has 7 heterocycles. The van der Waals surface area contributed by atoms with E-state index in [1.807, 2.05) is 0 Å². The van der Waals surface area contributed by atoms with Gasteiger partial charge in [0.25, 0.3) is 15.8 Å². The smallest absolute Gasteiger partial charge is 0.473 e. The first-order chi connectivity index (χ1) is 21.3. The van der Waals surface area contributed by atoms with E-state index < -0.39 is 78.5 Å². The minimum atomic E-state index is -5.10. The van der Waals surface area contributed by atoms with E-state index in [1.165, 1.54) is 6.33 Å². The van der Waals surface area contributed by atoms with Crippen molar-refractivity contribution in [3.8, 4) is 0 Å². The highest BCUT2D eigenvalue weighted by atomic mass is 32.2. The molecule has 4 aromatic heterocycles. The molecule has 5 atom stereocenters. The number of anilines is 2. The fourth-order valence-electron chi connectivity index (χ4n) is 4.88. The second-order valence-electron chi connectivity index (χ2n) is 9.70. The molecule has 25 heteroatoms. The van der Waals surface area contributed by atoms with E-state index in [1.54, 1.807) is 0 Å². The molecule has 45 heavy (non-hydrogen) atoms. The first-order valence-corrected chi connectivity index (χ1v) is 15.6. The molecule has 4 aromatic rings. The van der Waals surface area contributed by atoms with Crippen molar-refractivity contribution >= 4 is 58.0 Å². The number of rotatable bonds is 2. The third-order valence-electron chi connectivity index (χ3n) is 6.89. The molecule has 0 radical (unpaired) electrons. The van der Waals surface area contributed by atoms with Crippen LogP contribution < -0.4 is 26.5 Å². The molecule has 0 aromatic carbocycles. The quantitative estimate of drug-likeness (QED) is 0.105. The third-order valence-corrected chi connectivity index (χ3v) is 8.95. The van der Waals surface area contributed by atoms with Crippen LogP contribution in [0.15, 0.2) is 41.1 Å². The summed E-state index contributed by atoms with van der Waals surface area (Å²) in [4.78, 5) is 45.0. The highest BCUT2D eigenvalue weighted by Gasteiger charge is 2.47. The van der Waals surface area contributed by atoms with Crippen LogP contribution in [0.5, 0.6) is 0 Å². The highest BCUT2D eigenvalue weighted by Crippen LogP contribution is 2.49. The molecular weight excluding hydrogens is 647 g/mol. The molecule has 238 valence electrons. The Labute approximate surface area is 248 Å². The van der Waals surface area contributed by atoms with Crippen molar-refractivity contribution in [1.29, 1.82) is 0 Å². The number of phosphoric acid groups is 1. The molecule has 0 spiro atoms. The number of nitrogens with two attached hydrogens (primary N) is 2. The zero-order chi connectivity index (χ0) is 31.8. The molecular formula is C20H21N12O11PS. The van der Waals surface area contributed by atoms with Gasteiger partial charge in [-0.05, 0) is 0 Å². The Balaban J connectivity index is 1.23. The van der Waals surface area contributed by atoms with E-state index in [0.717, 1.165) is 21.8 Å². The first-order valence-electron chi connectivity index (χ1n) is 12.6. The molecule has 7 rings (SSSR count). The van der Waals surface area contributed by atoms with Gasteiger partial charge < -0.3 is 36.0 Å². The maximum absolute atomic E-state index is 13.2. The van der Waals surface area contributed by atoms with Crippen LogP contribution in [0.2, 0.25) is 0 Å². The predicted octanol–water partition coefficient (Wildman–Crippen LogP) is -2.19. The summed E-state index contributed by atoms with van der Waals surface area (Å²) in [6.45, 7) is -1.57. The number of nitrogen functional groups attached to an aromatic ring is 2. The van der Waals surface area contributed by atoms with E-state index >= 15 is 0 Å². The first kappa shape index (κ1) is 28.9. The lowest BCUT2D eigenvalue weighted by molar-refractivity contribution is 0.0253. The lowest BCUT2D eigenvalue weighted by Crippen LogP contribution is -2.49. The number of aliphatic hydroxyl groups is 2. The largest absolute Gasteiger partial charge is 0.507 e. The molecule has 10 N–H and O–H groups in total. The number of imidazole rings is 2. The highest BCUT2D eigenvalue weighted by molar-refractivity contribution is 7.87. The Kier molecular flexibility index (Phi) is 6.48. The lowest BCUT2D eigenvalue weighted by Gasteiger charge is -2.25. The Morgan fingerprint density at radius 3 is 2.62 bits per heavy atom. The van der Waals surface area contributed by atoms with Crippen LogP contribution in [0.25, 0.3) is 28.2 Å². The number of hydrogen-bond acceptors (Lipinski definition) is 17. The van der Waals surface area contributed by atoms with E-state index in [4.69, 9.17) is 30.0 Å². The van der Waals surface area contributed by atoms with Gasteiger partial charge in [-0.1, -0.05) is 0 Å². The van der Waals surface area contributed by atoms with Gasteiger partial charge in [0.15, 0.2) is 51.5 Å². The summed E-state index contributed by atoms with van der Waals surface area (Å²) < 4.78 is 67.9. The maximum Gasteiger partial charge on any atom is 0.473 e. The molecule has 3 unspecified atom stereocenters. The van der Waals surface area contributed by atoms with Crippen molar-refractivity contribution in [2.45, 2.75) is 24.5 Å². The standard InChI is InChI=1S/C20H21N12O11PS/c21-14-9-15(24-3-23-14)31(4-25-9)19-12(34)13-6(41-19)1-27-45(38,39)30-8-11(33)7(2-40-44(36,37)43-13)42-18(8)32-5-26-10-16(32)28-20(22)29-17(10)35/h3-6,8,13,18,27,30,33-34H,1-2H2,(H,36,37)(H2,21,23,24)(H3,22,28,29,35)/t6-,8?,13?,18-/m1/s1. The van der Waals surface area contributed by atoms with Crippen LogP contribution >= 0.6 is 7.82 Å². The third kappa shape index (κ3) is 4.89. The molecule has 0 aliphatic carbocycles. The average molecular weight is 669 g/mol. The van der Waals surface area contributed by atoms with Crippen LogP contribution in [0.4, 0.5) is 11.8 Å². The summed E-state index contributed by atoms with van der Waals surface area (Å²) in [6, 6.07) is -1.61. The van der Waals surface area contributed by atoms with Gasteiger partial charge in [0, 0.05) is 0 Å². The molecule has 0 saturated carbocycles. The van der Waals surface area contributed by atoms with Gasteiger partial charge in [0.05, 0.1) is 6.54 Å². The molecule has 2 bridgehead atoms. The number of nitrogens with zero attached hydrogens (tertiary/aromatic N) is 7. The summed E-state index contributed by atoms with van der Waals surface area (Å²) >= 11 is 0. The van der Waals surface area contributed by atoms with Gasteiger partial charge in [-0.25, -0.2) is 29.1 Å². The monoisotopic (exact) mass is 668 g/mol. The minimum absolute atomic E-state index is 0.0187. The Morgan fingerprint density at radius 2 is 1.82 bits per heavy atom. The zero-order valence-corrected chi connectivity index (χ0v) is 23.9. The fraction of sp³-hybridized carbons (Fsp3) is 0.300. The van der Waals surface area contributed by atoms with Crippen LogP contribution in [-0.2, 0) is 33.3 Å². The number of aliphatic hydroxyl groups excluding tert-OH is 2. The number of phosphoric ester groups is 1. The van der Waals surface area contributed by atoms with Gasteiger partial charge >= 0.3 is 7.82 Å². The molecule has 0 saturated heterocycles. The second-order valence-corrected chi connectivity index (χ2v) is 12.6. The number of aromatic amines is 1. The van der Waals surface area contributed by atoms with E-state index in [9.17, 15) is 32.9 Å². The van der Waals surface area contributed by atoms with Gasteiger partial charge in [-0.15, -0.1) is 0 Å². The number of fused-ring (bicyclic) bond motifs is 4. The second kappa shape index (κ2) is 10.1. The van der Waals surface area contributed by atoms with Crippen molar-refractivity contribution < 1.29 is 46.6 Å².